The van der Waals surface area contributed by atoms with Crippen LogP contribution < -0.4 is 0 Å². The smallest absolute Gasteiger partial charge is 0.131 e. The largest absolute Gasteiger partial charge is 0.319 e. The van der Waals surface area contributed by atoms with E-state index in [9.17, 15) is 0 Å². The Morgan fingerprint density at radius 1 is 1.64 bits per heavy atom. The molecule has 1 aromatic heterocycles. The van der Waals surface area contributed by atoms with E-state index in [-0.39, 0.29) is 0 Å². The van der Waals surface area contributed by atoms with Crippen LogP contribution in [0.3, 0.4) is 0 Å². The lowest BCUT2D eigenvalue weighted by molar-refractivity contribution is 0.698. The lowest BCUT2D eigenvalue weighted by Gasteiger charge is -1.95. The highest BCUT2D eigenvalue weighted by Gasteiger charge is 2.23. The Labute approximate surface area is 71.2 Å². The molecule has 0 aliphatic carbocycles. The van der Waals surface area contributed by atoms with Crippen LogP contribution in [0.4, 0.5) is 0 Å². The maximum Gasteiger partial charge on any atom is 0.131 e. The zero-order valence-corrected chi connectivity index (χ0v) is 7.52. The Kier molecular flexibility index (Phi) is 1.46. The van der Waals surface area contributed by atoms with Gasteiger partial charge in [0.2, 0.25) is 0 Å². The summed E-state index contributed by atoms with van der Waals surface area (Å²) in [5.41, 5.74) is 0.966. The standard InChI is InChI=1S/C8H11ClN2/c1-5-3-4-11-7(9)6(2)10-8(5)11/h5H,3-4H2,1-2H3. The van der Waals surface area contributed by atoms with Crippen LogP contribution in [0, 0.1) is 6.92 Å². The highest BCUT2D eigenvalue weighted by Crippen LogP contribution is 2.31. The zero-order chi connectivity index (χ0) is 8.01. The molecule has 2 rings (SSSR count). The zero-order valence-electron chi connectivity index (χ0n) is 6.76. The lowest BCUT2D eigenvalue weighted by atomic mass is 10.1. The van der Waals surface area contributed by atoms with E-state index in [1.165, 1.54) is 6.42 Å². The second kappa shape index (κ2) is 2.24. The summed E-state index contributed by atoms with van der Waals surface area (Å²) in [5, 5.41) is 0.823. The summed E-state index contributed by atoms with van der Waals surface area (Å²) in [6.07, 6.45) is 1.18. The highest BCUT2D eigenvalue weighted by atomic mass is 35.5. The molecule has 0 saturated heterocycles. The van der Waals surface area contributed by atoms with Gasteiger partial charge in [-0.3, -0.25) is 0 Å². The van der Waals surface area contributed by atoms with Gasteiger partial charge in [0.15, 0.2) is 0 Å². The maximum absolute atomic E-state index is 6.02. The van der Waals surface area contributed by atoms with Gasteiger partial charge in [-0.05, 0) is 13.3 Å². The van der Waals surface area contributed by atoms with Gasteiger partial charge in [0.1, 0.15) is 11.0 Å². The van der Waals surface area contributed by atoms with Gasteiger partial charge in [0.05, 0.1) is 5.69 Å². The Morgan fingerprint density at radius 3 is 3.00 bits per heavy atom. The molecule has 0 N–H and O–H groups in total. The van der Waals surface area contributed by atoms with Crippen LogP contribution in [0.25, 0.3) is 0 Å². The second-order valence-electron chi connectivity index (χ2n) is 3.19. The van der Waals surface area contributed by atoms with Gasteiger partial charge in [-0.2, -0.15) is 0 Å². The summed E-state index contributed by atoms with van der Waals surface area (Å²) >= 11 is 6.02. The van der Waals surface area contributed by atoms with Crippen LogP contribution in [0.5, 0.6) is 0 Å². The molecule has 1 unspecified atom stereocenters. The molecular weight excluding hydrogens is 160 g/mol. The summed E-state index contributed by atoms with van der Waals surface area (Å²) in [6, 6.07) is 0. The fourth-order valence-electron chi connectivity index (χ4n) is 1.61. The predicted octanol–water partition coefficient (Wildman–Crippen LogP) is 2.35. The van der Waals surface area contributed by atoms with Crippen molar-refractivity contribution in [3.63, 3.8) is 0 Å². The number of nitrogens with zero attached hydrogens (tertiary/aromatic N) is 2. The third-order valence-corrected chi connectivity index (χ3v) is 2.80. The van der Waals surface area contributed by atoms with Gasteiger partial charge >= 0.3 is 0 Å². The Morgan fingerprint density at radius 2 is 2.36 bits per heavy atom. The maximum atomic E-state index is 6.02. The van der Waals surface area contributed by atoms with Crippen LogP contribution >= 0.6 is 11.6 Å². The average Bonchev–Trinajstić information content (AvgIpc) is 2.43. The van der Waals surface area contributed by atoms with Crippen molar-refractivity contribution in [1.29, 1.82) is 0 Å². The monoisotopic (exact) mass is 170 g/mol. The fourth-order valence-corrected chi connectivity index (χ4v) is 1.83. The number of hydrogen-bond donors (Lipinski definition) is 0. The van der Waals surface area contributed by atoms with E-state index in [1.807, 2.05) is 6.92 Å². The van der Waals surface area contributed by atoms with Crippen LogP contribution in [0.2, 0.25) is 5.15 Å². The summed E-state index contributed by atoms with van der Waals surface area (Å²) in [5.74, 6) is 1.74. The van der Waals surface area contributed by atoms with Crippen molar-refractivity contribution in [2.45, 2.75) is 32.7 Å². The normalized spacial score (nSPS) is 22.3. The molecule has 0 spiro atoms. The van der Waals surface area contributed by atoms with Crippen LogP contribution in [0.15, 0.2) is 0 Å². The van der Waals surface area contributed by atoms with Crippen molar-refractivity contribution >= 4 is 11.6 Å². The first-order chi connectivity index (χ1) is 5.20. The number of halogens is 1. The first-order valence-corrected chi connectivity index (χ1v) is 4.30. The van der Waals surface area contributed by atoms with Crippen LogP contribution in [-0.4, -0.2) is 9.55 Å². The van der Waals surface area contributed by atoms with E-state index in [4.69, 9.17) is 11.6 Å². The Hall–Kier alpha value is -0.500. The molecular formula is C8H11ClN2. The molecule has 0 saturated carbocycles. The van der Waals surface area contributed by atoms with Crippen molar-refractivity contribution < 1.29 is 0 Å². The molecule has 11 heavy (non-hydrogen) atoms. The number of rotatable bonds is 0. The lowest BCUT2D eigenvalue weighted by Crippen LogP contribution is -1.91. The van der Waals surface area contributed by atoms with Crippen LogP contribution in [-0.2, 0) is 6.54 Å². The average molecular weight is 171 g/mol. The molecule has 0 aromatic carbocycles. The molecule has 0 amide bonds. The third-order valence-electron chi connectivity index (χ3n) is 2.32. The summed E-state index contributed by atoms with van der Waals surface area (Å²) < 4.78 is 2.11. The molecule has 1 atom stereocenters. The fraction of sp³-hybridized carbons (Fsp3) is 0.625. The minimum atomic E-state index is 0.584. The number of fused-ring (bicyclic) bond motifs is 1. The van der Waals surface area contributed by atoms with E-state index in [0.29, 0.717) is 5.92 Å². The molecule has 2 nitrogen and oxygen atoms in total. The van der Waals surface area contributed by atoms with Crippen LogP contribution in [0.1, 0.15) is 30.8 Å². The minimum Gasteiger partial charge on any atom is -0.319 e. The first-order valence-electron chi connectivity index (χ1n) is 3.92. The molecule has 60 valence electrons. The van der Waals surface area contributed by atoms with E-state index in [0.717, 1.165) is 23.2 Å². The van der Waals surface area contributed by atoms with Crippen molar-refractivity contribution in [2.75, 3.05) is 0 Å². The van der Waals surface area contributed by atoms with Crippen molar-refractivity contribution in [3.05, 3.63) is 16.7 Å². The van der Waals surface area contributed by atoms with Crippen molar-refractivity contribution in [1.82, 2.24) is 9.55 Å². The van der Waals surface area contributed by atoms with Gasteiger partial charge in [-0.15, -0.1) is 0 Å². The SMILES string of the molecule is Cc1nc2n(c1Cl)CCC2C. The van der Waals surface area contributed by atoms with Gasteiger partial charge in [-0.25, -0.2) is 4.98 Å². The molecule has 1 aliphatic heterocycles. The van der Waals surface area contributed by atoms with E-state index in [2.05, 4.69) is 16.5 Å². The van der Waals surface area contributed by atoms with Gasteiger partial charge in [0.25, 0.3) is 0 Å². The molecule has 3 heteroatoms. The molecule has 0 fully saturated rings. The Bertz CT molecular complexity index is 291. The van der Waals surface area contributed by atoms with E-state index in [1.54, 1.807) is 0 Å². The summed E-state index contributed by atoms with van der Waals surface area (Å²) in [6.45, 7) is 5.19. The topological polar surface area (TPSA) is 17.8 Å². The van der Waals surface area contributed by atoms with Gasteiger partial charge in [0, 0.05) is 12.5 Å². The second-order valence-corrected chi connectivity index (χ2v) is 3.55. The number of aromatic nitrogens is 2. The third kappa shape index (κ3) is 0.890. The number of hydrogen-bond acceptors (Lipinski definition) is 1. The Balaban J connectivity index is 2.57. The quantitative estimate of drug-likeness (QED) is 0.585. The molecule has 2 heterocycles. The first kappa shape index (κ1) is 7.17. The number of imidazole rings is 1. The molecule has 1 aliphatic rings. The van der Waals surface area contributed by atoms with Gasteiger partial charge in [-0.1, -0.05) is 18.5 Å². The molecule has 0 radical (unpaired) electrons. The van der Waals surface area contributed by atoms with Gasteiger partial charge < -0.3 is 4.57 Å². The van der Waals surface area contributed by atoms with E-state index >= 15 is 0 Å². The minimum absolute atomic E-state index is 0.584. The molecule has 0 bridgehead atoms. The number of aryl methyl sites for hydroxylation is 1. The van der Waals surface area contributed by atoms with Crippen molar-refractivity contribution in [2.24, 2.45) is 0 Å². The summed E-state index contributed by atoms with van der Waals surface area (Å²) in [4.78, 5) is 4.40. The summed E-state index contributed by atoms with van der Waals surface area (Å²) in [7, 11) is 0. The highest BCUT2D eigenvalue weighted by molar-refractivity contribution is 6.30. The van der Waals surface area contributed by atoms with Crippen molar-refractivity contribution in [3.8, 4) is 0 Å². The predicted molar refractivity (Wildman–Crippen MR) is 45.0 cm³/mol. The van der Waals surface area contributed by atoms with E-state index < -0.39 is 0 Å². The molecule has 1 aromatic rings.